The molecule has 1 aromatic heterocycles. The molecule has 1 heterocycles. The van der Waals surface area contributed by atoms with Crippen molar-refractivity contribution in [1.29, 1.82) is 0 Å². The van der Waals surface area contributed by atoms with E-state index in [4.69, 9.17) is 11.6 Å². The van der Waals surface area contributed by atoms with Crippen molar-refractivity contribution in [3.8, 4) is 0 Å². The van der Waals surface area contributed by atoms with Gasteiger partial charge in [-0.05, 0) is 35.7 Å². The van der Waals surface area contributed by atoms with Crippen LogP contribution in [0.3, 0.4) is 0 Å². The van der Waals surface area contributed by atoms with E-state index in [1.165, 1.54) is 5.56 Å². The van der Waals surface area contributed by atoms with Crippen LogP contribution in [0, 0.1) is 0 Å². The lowest BCUT2D eigenvalue weighted by molar-refractivity contribution is 0.537. The lowest BCUT2D eigenvalue weighted by atomic mass is 10.2. The van der Waals surface area contributed by atoms with Gasteiger partial charge in [-0.1, -0.05) is 0 Å². The van der Waals surface area contributed by atoms with Gasteiger partial charge >= 0.3 is 0 Å². The average molecular weight is 204 g/mol. The third kappa shape index (κ3) is 3.57. The molecule has 0 aromatic carbocycles. The van der Waals surface area contributed by atoms with Crippen molar-refractivity contribution in [2.24, 2.45) is 0 Å². The minimum Gasteiger partial charge on any atom is -0.310 e. The van der Waals surface area contributed by atoms with E-state index < -0.39 is 0 Å². The summed E-state index contributed by atoms with van der Waals surface area (Å²) in [5, 5.41) is 7.68. The summed E-state index contributed by atoms with van der Waals surface area (Å²) in [6, 6.07) is 2.66. The molecule has 0 saturated heterocycles. The Kier molecular flexibility index (Phi) is 4.66. The fourth-order valence-corrected chi connectivity index (χ4v) is 1.95. The Balaban J connectivity index is 2.17. The predicted molar refractivity (Wildman–Crippen MR) is 56.0 cm³/mol. The lowest BCUT2D eigenvalue weighted by Gasteiger charge is -2.10. The molecule has 0 aliphatic rings. The van der Waals surface area contributed by atoms with E-state index in [1.54, 1.807) is 11.3 Å². The van der Waals surface area contributed by atoms with Gasteiger partial charge in [0.1, 0.15) is 0 Å². The second-order valence-electron chi connectivity index (χ2n) is 2.89. The molecule has 0 aliphatic heterocycles. The molecule has 1 nitrogen and oxygen atoms in total. The second kappa shape index (κ2) is 5.57. The molecule has 68 valence electrons. The molecular formula is C9H14ClNS. The fourth-order valence-electron chi connectivity index (χ4n) is 0.951. The molecule has 1 unspecified atom stereocenters. The van der Waals surface area contributed by atoms with E-state index in [2.05, 4.69) is 29.1 Å². The quantitative estimate of drug-likeness (QED) is 0.726. The number of hydrogen-bond acceptors (Lipinski definition) is 2. The highest BCUT2D eigenvalue weighted by Gasteiger charge is 1.99. The predicted octanol–water partition coefficient (Wildman–Crippen LogP) is 2.86. The maximum absolute atomic E-state index is 5.62. The minimum atomic E-state index is 0.516. The fraction of sp³-hybridized carbons (Fsp3) is 0.556. The van der Waals surface area contributed by atoms with E-state index in [0.29, 0.717) is 6.04 Å². The highest BCUT2D eigenvalue weighted by molar-refractivity contribution is 7.07. The SMILES string of the molecule is CC(CCCl)NCc1ccsc1. The van der Waals surface area contributed by atoms with Crippen LogP contribution >= 0.6 is 22.9 Å². The van der Waals surface area contributed by atoms with Crippen LogP contribution in [0.5, 0.6) is 0 Å². The molecule has 12 heavy (non-hydrogen) atoms. The number of hydrogen-bond donors (Lipinski definition) is 1. The number of alkyl halides is 1. The lowest BCUT2D eigenvalue weighted by Crippen LogP contribution is -2.25. The Morgan fingerprint density at radius 1 is 1.67 bits per heavy atom. The van der Waals surface area contributed by atoms with Crippen LogP contribution in [0.15, 0.2) is 16.8 Å². The van der Waals surface area contributed by atoms with Crippen LogP contribution in [-0.4, -0.2) is 11.9 Å². The molecule has 0 spiro atoms. The number of nitrogens with one attached hydrogen (secondary N) is 1. The van der Waals surface area contributed by atoms with Crippen molar-refractivity contribution in [2.45, 2.75) is 25.9 Å². The highest BCUT2D eigenvalue weighted by Crippen LogP contribution is 2.05. The standard InChI is InChI=1S/C9H14ClNS/c1-8(2-4-10)11-6-9-3-5-12-7-9/h3,5,7-8,11H,2,4,6H2,1H3. The zero-order valence-electron chi connectivity index (χ0n) is 7.22. The third-order valence-electron chi connectivity index (χ3n) is 1.78. The Bertz CT molecular complexity index is 198. The highest BCUT2D eigenvalue weighted by atomic mass is 35.5. The first-order valence-corrected chi connectivity index (χ1v) is 5.61. The Labute approximate surface area is 82.7 Å². The van der Waals surface area contributed by atoms with Crippen LogP contribution in [0.1, 0.15) is 18.9 Å². The Hall–Kier alpha value is -0.0500. The van der Waals surface area contributed by atoms with Gasteiger partial charge in [0.25, 0.3) is 0 Å². The van der Waals surface area contributed by atoms with Gasteiger partial charge in [0, 0.05) is 18.5 Å². The first-order valence-electron chi connectivity index (χ1n) is 4.13. The molecule has 1 N–H and O–H groups in total. The summed E-state index contributed by atoms with van der Waals surface area (Å²) in [7, 11) is 0. The zero-order valence-corrected chi connectivity index (χ0v) is 8.79. The average Bonchev–Trinajstić information content (AvgIpc) is 2.53. The van der Waals surface area contributed by atoms with Crippen LogP contribution in [0.2, 0.25) is 0 Å². The molecule has 0 radical (unpaired) electrons. The topological polar surface area (TPSA) is 12.0 Å². The summed E-state index contributed by atoms with van der Waals surface area (Å²) in [5.74, 6) is 0.734. The summed E-state index contributed by atoms with van der Waals surface area (Å²) < 4.78 is 0. The molecule has 0 bridgehead atoms. The second-order valence-corrected chi connectivity index (χ2v) is 4.05. The van der Waals surface area contributed by atoms with Gasteiger partial charge in [-0.2, -0.15) is 11.3 Å². The van der Waals surface area contributed by atoms with Crippen molar-refractivity contribution < 1.29 is 0 Å². The van der Waals surface area contributed by atoms with Crippen molar-refractivity contribution >= 4 is 22.9 Å². The summed E-state index contributed by atoms with van der Waals surface area (Å²) in [6.45, 7) is 3.12. The summed E-state index contributed by atoms with van der Waals surface area (Å²) >= 11 is 7.36. The van der Waals surface area contributed by atoms with Gasteiger partial charge in [0.05, 0.1) is 0 Å². The van der Waals surface area contributed by atoms with E-state index in [0.717, 1.165) is 18.8 Å². The van der Waals surface area contributed by atoms with Crippen LogP contribution in [0.4, 0.5) is 0 Å². The largest absolute Gasteiger partial charge is 0.310 e. The van der Waals surface area contributed by atoms with Crippen LogP contribution in [-0.2, 0) is 6.54 Å². The smallest absolute Gasteiger partial charge is 0.0238 e. The van der Waals surface area contributed by atoms with Gasteiger partial charge in [-0.25, -0.2) is 0 Å². The van der Waals surface area contributed by atoms with Crippen molar-refractivity contribution in [2.75, 3.05) is 5.88 Å². The molecule has 0 amide bonds. The van der Waals surface area contributed by atoms with Gasteiger partial charge in [-0.15, -0.1) is 11.6 Å². The number of thiophene rings is 1. The van der Waals surface area contributed by atoms with Gasteiger partial charge in [0.2, 0.25) is 0 Å². The molecule has 1 aromatic rings. The van der Waals surface area contributed by atoms with Crippen molar-refractivity contribution in [3.05, 3.63) is 22.4 Å². The van der Waals surface area contributed by atoms with E-state index in [1.807, 2.05) is 0 Å². The molecule has 0 saturated carbocycles. The summed E-state index contributed by atoms with van der Waals surface area (Å²) in [5.41, 5.74) is 1.36. The normalized spacial score (nSPS) is 13.2. The van der Waals surface area contributed by atoms with Crippen molar-refractivity contribution in [3.63, 3.8) is 0 Å². The molecular weight excluding hydrogens is 190 g/mol. The third-order valence-corrected chi connectivity index (χ3v) is 2.73. The van der Waals surface area contributed by atoms with E-state index >= 15 is 0 Å². The molecule has 0 aliphatic carbocycles. The van der Waals surface area contributed by atoms with Crippen molar-refractivity contribution in [1.82, 2.24) is 5.32 Å². The molecule has 3 heteroatoms. The van der Waals surface area contributed by atoms with E-state index in [9.17, 15) is 0 Å². The van der Waals surface area contributed by atoms with Crippen LogP contribution in [0.25, 0.3) is 0 Å². The zero-order chi connectivity index (χ0) is 8.81. The summed E-state index contributed by atoms with van der Waals surface area (Å²) in [4.78, 5) is 0. The monoisotopic (exact) mass is 203 g/mol. The first-order chi connectivity index (χ1) is 5.83. The maximum Gasteiger partial charge on any atom is 0.0238 e. The number of halogens is 1. The molecule has 1 rings (SSSR count). The van der Waals surface area contributed by atoms with Crippen LogP contribution < -0.4 is 5.32 Å². The van der Waals surface area contributed by atoms with Gasteiger partial charge in [-0.3, -0.25) is 0 Å². The minimum absolute atomic E-state index is 0.516. The van der Waals surface area contributed by atoms with Gasteiger partial charge < -0.3 is 5.32 Å². The maximum atomic E-state index is 5.62. The first kappa shape index (κ1) is 10.0. The molecule has 0 fully saturated rings. The Morgan fingerprint density at radius 2 is 2.50 bits per heavy atom. The number of rotatable bonds is 5. The summed E-state index contributed by atoms with van der Waals surface area (Å²) in [6.07, 6.45) is 1.03. The molecule has 1 atom stereocenters. The Morgan fingerprint density at radius 3 is 3.08 bits per heavy atom. The van der Waals surface area contributed by atoms with Gasteiger partial charge in [0.15, 0.2) is 0 Å². The van der Waals surface area contributed by atoms with E-state index in [-0.39, 0.29) is 0 Å².